The quantitative estimate of drug-likeness (QED) is 0.664. The smallest absolute Gasteiger partial charge is 0.288 e. The normalized spacial score (nSPS) is 12.4. The number of imidazole rings is 1. The second kappa shape index (κ2) is 5.38. The van der Waals surface area contributed by atoms with E-state index in [2.05, 4.69) is 9.97 Å². The first-order chi connectivity index (χ1) is 9.02. The molecule has 0 fully saturated rings. The fourth-order valence-corrected chi connectivity index (χ4v) is 1.85. The van der Waals surface area contributed by atoms with Crippen LogP contribution in [0.3, 0.4) is 0 Å². The molecule has 1 aromatic heterocycles. The van der Waals surface area contributed by atoms with Crippen LogP contribution in [0, 0.1) is 10.1 Å². The standard InChI is InChI=1S/C12H13ClN4O2/c1-7(5-14)12-15-6-10(16-12)8-2-3-9(13)11(4-8)17(18)19/h2-4,6-7H,5,14H2,1H3,(H,15,16). The van der Waals surface area contributed by atoms with Crippen molar-refractivity contribution in [1.82, 2.24) is 9.97 Å². The van der Waals surface area contributed by atoms with Crippen LogP contribution in [0.5, 0.6) is 0 Å². The number of benzene rings is 1. The SMILES string of the molecule is CC(CN)c1ncc(-c2ccc(Cl)c([N+](=O)[O-])c2)[nH]1. The molecule has 1 unspecified atom stereocenters. The molecule has 6 nitrogen and oxygen atoms in total. The zero-order valence-electron chi connectivity index (χ0n) is 10.3. The van der Waals surface area contributed by atoms with Crippen LogP contribution in [0.1, 0.15) is 18.7 Å². The highest BCUT2D eigenvalue weighted by molar-refractivity contribution is 6.32. The second-order valence-electron chi connectivity index (χ2n) is 4.24. The molecule has 3 N–H and O–H groups in total. The summed E-state index contributed by atoms with van der Waals surface area (Å²) in [4.78, 5) is 17.7. The van der Waals surface area contributed by atoms with Crippen molar-refractivity contribution in [2.45, 2.75) is 12.8 Å². The molecule has 1 heterocycles. The number of hydrogen-bond acceptors (Lipinski definition) is 4. The number of hydrogen-bond donors (Lipinski definition) is 2. The van der Waals surface area contributed by atoms with Crippen molar-refractivity contribution >= 4 is 17.3 Å². The van der Waals surface area contributed by atoms with Crippen LogP contribution < -0.4 is 5.73 Å². The van der Waals surface area contributed by atoms with Crippen molar-refractivity contribution in [3.05, 3.63) is 45.4 Å². The van der Waals surface area contributed by atoms with Crippen molar-refractivity contribution in [2.24, 2.45) is 5.73 Å². The third kappa shape index (κ3) is 2.74. The average molecular weight is 281 g/mol. The van der Waals surface area contributed by atoms with Crippen LogP contribution in [0.25, 0.3) is 11.3 Å². The van der Waals surface area contributed by atoms with Crippen molar-refractivity contribution in [1.29, 1.82) is 0 Å². The summed E-state index contributed by atoms with van der Waals surface area (Å²) in [5, 5.41) is 11.0. The monoisotopic (exact) mass is 280 g/mol. The van der Waals surface area contributed by atoms with E-state index in [1.807, 2.05) is 6.92 Å². The summed E-state index contributed by atoms with van der Waals surface area (Å²) >= 11 is 5.77. The minimum atomic E-state index is -0.508. The average Bonchev–Trinajstić information content (AvgIpc) is 2.87. The van der Waals surface area contributed by atoms with Crippen LogP contribution in [0.15, 0.2) is 24.4 Å². The largest absolute Gasteiger partial charge is 0.342 e. The van der Waals surface area contributed by atoms with Gasteiger partial charge in [-0.25, -0.2) is 4.98 Å². The van der Waals surface area contributed by atoms with Gasteiger partial charge in [0.15, 0.2) is 0 Å². The minimum Gasteiger partial charge on any atom is -0.342 e. The van der Waals surface area contributed by atoms with Gasteiger partial charge in [0.25, 0.3) is 5.69 Å². The van der Waals surface area contributed by atoms with Gasteiger partial charge in [-0.1, -0.05) is 24.6 Å². The number of halogens is 1. The molecule has 0 amide bonds. The molecular weight excluding hydrogens is 268 g/mol. The predicted octanol–water partition coefficient (Wildman–Crippen LogP) is 2.70. The number of nitrogens with one attached hydrogen (secondary N) is 1. The summed E-state index contributed by atoms with van der Waals surface area (Å²) in [5.74, 6) is 0.867. The Morgan fingerprint density at radius 1 is 1.58 bits per heavy atom. The Morgan fingerprint density at radius 3 is 2.95 bits per heavy atom. The molecule has 0 spiro atoms. The van der Waals surface area contributed by atoms with Gasteiger partial charge in [-0.2, -0.15) is 0 Å². The van der Waals surface area contributed by atoms with E-state index in [-0.39, 0.29) is 16.6 Å². The Labute approximate surface area is 114 Å². The summed E-state index contributed by atoms with van der Waals surface area (Å²) < 4.78 is 0. The van der Waals surface area contributed by atoms with Gasteiger partial charge in [0.05, 0.1) is 16.8 Å². The summed E-state index contributed by atoms with van der Waals surface area (Å²) in [6.45, 7) is 2.43. The Kier molecular flexibility index (Phi) is 3.82. The number of nitro benzene ring substituents is 1. The van der Waals surface area contributed by atoms with E-state index < -0.39 is 4.92 Å². The van der Waals surface area contributed by atoms with Gasteiger partial charge in [0.2, 0.25) is 0 Å². The molecule has 19 heavy (non-hydrogen) atoms. The summed E-state index contributed by atoms with van der Waals surface area (Å²) in [5.41, 5.74) is 6.82. The second-order valence-corrected chi connectivity index (χ2v) is 4.65. The van der Waals surface area contributed by atoms with Crippen molar-refractivity contribution in [3.8, 4) is 11.3 Å². The lowest BCUT2D eigenvalue weighted by atomic mass is 10.1. The van der Waals surface area contributed by atoms with Crippen LogP contribution in [-0.4, -0.2) is 21.4 Å². The first-order valence-corrected chi connectivity index (χ1v) is 6.10. The molecule has 0 aliphatic heterocycles. The summed E-state index contributed by atoms with van der Waals surface area (Å²) in [7, 11) is 0. The van der Waals surface area contributed by atoms with Crippen molar-refractivity contribution in [2.75, 3.05) is 6.54 Å². The zero-order chi connectivity index (χ0) is 14.0. The number of nitrogens with zero attached hydrogens (tertiary/aromatic N) is 2. The van der Waals surface area contributed by atoms with Crippen LogP contribution in [-0.2, 0) is 0 Å². The maximum absolute atomic E-state index is 10.8. The number of aromatic amines is 1. The van der Waals surface area contributed by atoms with Gasteiger partial charge >= 0.3 is 0 Å². The Balaban J connectivity index is 2.39. The van der Waals surface area contributed by atoms with Gasteiger partial charge in [-0.15, -0.1) is 0 Å². The molecule has 0 radical (unpaired) electrons. The molecule has 0 aliphatic rings. The lowest BCUT2D eigenvalue weighted by molar-refractivity contribution is -0.384. The third-order valence-corrected chi connectivity index (χ3v) is 3.19. The molecule has 0 aliphatic carbocycles. The highest BCUT2D eigenvalue weighted by atomic mass is 35.5. The molecule has 100 valence electrons. The zero-order valence-corrected chi connectivity index (χ0v) is 11.0. The van der Waals surface area contributed by atoms with Gasteiger partial charge in [-0.05, 0) is 6.07 Å². The number of rotatable bonds is 4. The van der Waals surface area contributed by atoms with E-state index in [4.69, 9.17) is 17.3 Å². The molecule has 2 aromatic rings. The van der Waals surface area contributed by atoms with E-state index >= 15 is 0 Å². The topological polar surface area (TPSA) is 97.8 Å². The maximum Gasteiger partial charge on any atom is 0.288 e. The molecule has 0 bridgehead atoms. The number of H-pyrrole nitrogens is 1. The van der Waals surface area contributed by atoms with Gasteiger partial charge in [0, 0.05) is 24.1 Å². The summed E-state index contributed by atoms with van der Waals surface area (Å²) in [6.07, 6.45) is 1.63. The van der Waals surface area contributed by atoms with E-state index in [1.54, 1.807) is 12.3 Å². The molecule has 2 rings (SSSR count). The van der Waals surface area contributed by atoms with Crippen LogP contribution >= 0.6 is 11.6 Å². The third-order valence-electron chi connectivity index (χ3n) is 2.87. The Bertz CT molecular complexity index is 612. The lowest BCUT2D eigenvalue weighted by Gasteiger charge is -2.03. The highest BCUT2D eigenvalue weighted by Gasteiger charge is 2.15. The van der Waals surface area contributed by atoms with E-state index in [0.29, 0.717) is 17.8 Å². The van der Waals surface area contributed by atoms with Crippen LogP contribution in [0.2, 0.25) is 5.02 Å². The molecule has 0 saturated heterocycles. The predicted molar refractivity (Wildman–Crippen MR) is 73.2 cm³/mol. The van der Waals surface area contributed by atoms with E-state index in [9.17, 15) is 10.1 Å². The van der Waals surface area contributed by atoms with Crippen LogP contribution in [0.4, 0.5) is 5.69 Å². The molecule has 0 saturated carbocycles. The molecule has 7 heteroatoms. The molecular formula is C12H13ClN4O2. The summed E-state index contributed by atoms with van der Waals surface area (Å²) in [6, 6.07) is 4.63. The number of nitro groups is 1. The fraction of sp³-hybridized carbons (Fsp3) is 0.250. The number of nitrogens with two attached hydrogens (primary N) is 1. The van der Waals surface area contributed by atoms with E-state index in [1.165, 1.54) is 12.1 Å². The Hall–Kier alpha value is -1.92. The highest BCUT2D eigenvalue weighted by Crippen LogP contribution is 2.29. The van der Waals surface area contributed by atoms with Gasteiger partial charge in [-0.3, -0.25) is 10.1 Å². The van der Waals surface area contributed by atoms with Crippen molar-refractivity contribution < 1.29 is 4.92 Å². The minimum absolute atomic E-state index is 0.107. The lowest BCUT2D eigenvalue weighted by Crippen LogP contribution is -2.10. The first-order valence-electron chi connectivity index (χ1n) is 5.72. The maximum atomic E-state index is 10.8. The van der Waals surface area contributed by atoms with Gasteiger partial charge in [0.1, 0.15) is 10.8 Å². The van der Waals surface area contributed by atoms with Gasteiger partial charge < -0.3 is 10.7 Å². The molecule has 1 aromatic carbocycles. The first kappa shape index (κ1) is 13.5. The molecule has 1 atom stereocenters. The van der Waals surface area contributed by atoms with Crippen molar-refractivity contribution in [3.63, 3.8) is 0 Å². The van der Waals surface area contributed by atoms with E-state index in [0.717, 1.165) is 5.82 Å². The Morgan fingerprint density at radius 2 is 2.32 bits per heavy atom. The number of aromatic nitrogens is 2. The fourth-order valence-electron chi connectivity index (χ4n) is 1.67.